The number of amides is 1. The summed E-state index contributed by atoms with van der Waals surface area (Å²) < 4.78 is 0. The van der Waals surface area contributed by atoms with E-state index >= 15 is 0 Å². The summed E-state index contributed by atoms with van der Waals surface area (Å²) in [6, 6.07) is 7.15. The fraction of sp³-hybridized carbons (Fsp3) is 0.462. The van der Waals surface area contributed by atoms with Crippen LogP contribution >= 0.6 is 11.6 Å². The summed E-state index contributed by atoms with van der Waals surface area (Å²) in [6.07, 6.45) is 0.431. The highest BCUT2D eigenvalue weighted by Gasteiger charge is 2.32. The standard InChI is InChI=1S/C13H17ClN2O2/c1-9-8-16(11-4-2-3-10(14)7-11)13(18)12(15-9)5-6-17/h2-4,7,9,12,15,17H,5-6,8H2,1H3. The third-order valence-corrected chi connectivity index (χ3v) is 3.28. The highest BCUT2D eigenvalue weighted by atomic mass is 35.5. The van der Waals surface area contributed by atoms with Gasteiger partial charge in [0.05, 0.1) is 6.04 Å². The molecule has 1 heterocycles. The lowest BCUT2D eigenvalue weighted by atomic mass is 10.1. The fourth-order valence-electron chi connectivity index (χ4n) is 2.23. The zero-order chi connectivity index (χ0) is 13.1. The zero-order valence-electron chi connectivity index (χ0n) is 10.3. The van der Waals surface area contributed by atoms with Crippen molar-refractivity contribution >= 4 is 23.2 Å². The van der Waals surface area contributed by atoms with Crippen LogP contribution in [-0.2, 0) is 4.79 Å². The highest BCUT2D eigenvalue weighted by molar-refractivity contribution is 6.30. The van der Waals surface area contributed by atoms with Crippen molar-refractivity contribution < 1.29 is 9.90 Å². The molecule has 98 valence electrons. The Bertz CT molecular complexity index is 439. The maximum Gasteiger partial charge on any atom is 0.244 e. The summed E-state index contributed by atoms with van der Waals surface area (Å²) in [5, 5.41) is 12.8. The van der Waals surface area contributed by atoms with Crippen molar-refractivity contribution in [3.05, 3.63) is 29.3 Å². The van der Waals surface area contributed by atoms with Crippen LogP contribution in [0.2, 0.25) is 5.02 Å². The largest absolute Gasteiger partial charge is 0.396 e. The van der Waals surface area contributed by atoms with Gasteiger partial charge in [0.1, 0.15) is 0 Å². The normalized spacial score (nSPS) is 24.4. The first-order valence-electron chi connectivity index (χ1n) is 6.05. The lowest BCUT2D eigenvalue weighted by Gasteiger charge is -2.37. The number of halogens is 1. The first-order chi connectivity index (χ1) is 8.61. The number of aliphatic hydroxyl groups excluding tert-OH is 1. The Morgan fingerprint density at radius 1 is 1.56 bits per heavy atom. The number of nitrogens with zero attached hydrogens (tertiary/aromatic N) is 1. The maximum atomic E-state index is 12.3. The van der Waals surface area contributed by atoms with Gasteiger partial charge in [-0.3, -0.25) is 4.79 Å². The number of hydrogen-bond acceptors (Lipinski definition) is 3. The number of benzene rings is 1. The summed E-state index contributed by atoms with van der Waals surface area (Å²) in [7, 11) is 0. The molecule has 0 bridgehead atoms. The number of hydrogen-bond donors (Lipinski definition) is 2. The Labute approximate surface area is 112 Å². The van der Waals surface area contributed by atoms with Gasteiger partial charge >= 0.3 is 0 Å². The van der Waals surface area contributed by atoms with Gasteiger partial charge in [-0.1, -0.05) is 17.7 Å². The molecule has 1 aliphatic rings. The van der Waals surface area contributed by atoms with E-state index in [-0.39, 0.29) is 24.6 Å². The van der Waals surface area contributed by atoms with Crippen molar-refractivity contribution in [2.24, 2.45) is 0 Å². The van der Waals surface area contributed by atoms with E-state index in [0.717, 1.165) is 5.69 Å². The minimum Gasteiger partial charge on any atom is -0.396 e. The number of piperazine rings is 1. The number of carbonyl (C=O) groups excluding carboxylic acids is 1. The number of nitrogens with one attached hydrogen (secondary N) is 1. The molecule has 2 rings (SSSR count). The van der Waals surface area contributed by atoms with E-state index in [1.807, 2.05) is 19.1 Å². The molecule has 1 aromatic carbocycles. The quantitative estimate of drug-likeness (QED) is 0.872. The predicted octanol–water partition coefficient (Wildman–Crippen LogP) is 1.42. The molecule has 4 nitrogen and oxygen atoms in total. The van der Waals surface area contributed by atoms with E-state index in [1.54, 1.807) is 17.0 Å². The van der Waals surface area contributed by atoms with E-state index in [9.17, 15) is 4.79 Å². The van der Waals surface area contributed by atoms with Gasteiger partial charge in [-0.2, -0.15) is 0 Å². The van der Waals surface area contributed by atoms with Crippen LogP contribution in [-0.4, -0.2) is 36.2 Å². The molecule has 1 fully saturated rings. The molecule has 0 aromatic heterocycles. The van der Waals surface area contributed by atoms with Crippen molar-refractivity contribution in [2.75, 3.05) is 18.1 Å². The van der Waals surface area contributed by atoms with Gasteiger partial charge in [-0.15, -0.1) is 0 Å². The molecule has 2 atom stereocenters. The molecule has 2 unspecified atom stereocenters. The average molecular weight is 269 g/mol. The third kappa shape index (κ3) is 2.83. The molecule has 2 N–H and O–H groups in total. The summed E-state index contributed by atoms with van der Waals surface area (Å²) in [5.74, 6) is -0.00980. The second-order valence-electron chi connectivity index (χ2n) is 4.56. The monoisotopic (exact) mass is 268 g/mol. The second kappa shape index (κ2) is 5.69. The van der Waals surface area contributed by atoms with Crippen LogP contribution in [0.15, 0.2) is 24.3 Å². The minimum atomic E-state index is -0.322. The molecular formula is C13H17ClN2O2. The van der Waals surface area contributed by atoms with Crippen molar-refractivity contribution in [3.8, 4) is 0 Å². The minimum absolute atomic E-state index is 0.000484. The van der Waals surface area contributed by atoms with Gasteiger partial charge in [-0.05, 0) is 31.5 Å². The van der Waals surface area contributed by atoms with E-state index in [1.165, 1.54) is 0 Å². The zero-order valence-corrected chi connectivity index (χ0v) is 11.0. The van der Waals surface area contributed by atoms with Crippen LogP contribution in [0.4, 0.5) is 5.69 Å². The molecule has 1 saturated heterocycles. The molecule has 0 radical (unpaired) electrons. The number of aliphatic hydroxyl groups is 1. The smallest absolute Gasteiger partial charge is 0.244 e. The van der Waals surface area contributed by atoms with Crippen LogP contribution in [0.1, 0.15) is 13.3 Å². The Balaban J connectivity index is 2.23. The van der Waals surface area contributed by atoms with Crippen LogP contribution in [0.25, 0.3) is 0 Å². The summed E-state index contributed by atoms with van der Waals surface area (Å²) in [5.41, 5.74) is 0.809. The summed E-state index contributed by atoms with van der Waals surface area (Å²) in [4.78, 5) is 14.0. The van der Waals surface area contributed by atoms with Crippen molar-refractivity contribution in [1.29, 1.82) is 0 Å². The van der Waals surface area contributed by atoms with Crippen LogP contribution in [0.5, 0.6) is 0 Å². The molecular weight excluding hydrogens is 252 g/mol. The van der Waals surface area contributed by atoms with Crippen LogP contribution < -0.4 is 10.2 Å². The molecule has 0 saturated carbocycles. The van der Waals surface area contributed by atoms with Gasteiger partial charge in [0.15, 0.2) is 0 Å². The third-order valence-electron chi connectivity index (χ3n) is 3.04. The SMILES string of the molecule is CC1CN(c2cccc(Cl)c2)C(=O)C(CCO)N1. The Morgan fingerprint density at radius 2 is 2.33 bits per heavy atom. The van der Waals surface area contributed by atoms with Crippen molar-refractivity contribution in [2.45, 2.75) is 25.4 Å². The predicted molar refractivity (Wildman–Crippen MR) is 71.9 cm³/mol. The van der Waals surface area contributed by atoms with Crippen LogP contribution in [0.3, 0.4) is 0 Å². The van der Waals surface area contributed by atoms with E-state index in [2.05, 4.69) is 5.32 Å². The van der Waals surface area contributed by atoms with Gasteiger partial charge in [0, 0.05) is 29.9 Å². The first kappa shape index (κ1) is 13.3. The molecule has 1 aliphatic heterocycles. The van der Waals surface area contributed by atoms with Gasteiger partial charge in [0.2, 0.25) is 5.91 Å². The van der Waals surface area contributed by atoms with E-state index in [4.69, 9.17) is 16.7 Å². The topological polar surface area (TPSA) is 52.6 Å². The van der Waals surface area contributed by atoms with E-state index in [0.29, 0.717) is 18.0 Å². The fourth-order valence-corrected chi connectivity index (χ4v) is 2.42. The average Bonchev–Trinajstić information content (AvgIpc) is 2.33. The Morgan fingerprint density at radius 3 is 3.00 bits per heavy atom. The number of carbonyl (C=O) groups is 1. The Kier molecular flexibility index (Phi) is 4.22. The molecule has 5 heteroatoms. The molecule has 18 heavy (non-hydrogen) atoms. The number of rotatable bonds is 3. The first-order valence-corrected chi connectivity index (χ1v) is 6.43. The van der Waals surface area contributed by atoms with Crippen molar-refractivity contribution in [1.82, 2.24) is 5.32 Å². The lowest BCUT2D eigenvalue weighted by Crippen LogP contribution is -2.59. The summed E-state index contributed by atoms with van der Waals surface area (Å²) >= 11 is 5.95. The number of anilines is 1. The van der Waals surface area contributed by atoms with Gasteiger partial charge in [-0.25, -0.2) is 0 Å². The summed E-state index contributed by atoms with van der Waals surface area (Å²) in [6.45, 7) is 2.63. The maximum absolute atomic E-state index is 12.3. The Hall–Kier alpha value is -1.10. The molecule has 0 spiro atoms. The molecule has 1 amide bonds. The highest BCUT2D eigenvalue weighted by Crippen LogP contribution is 2.22. The molecule has 1 aromatic rings. The lowest BCUT2D eigenvalue weighted by molar-refractivity contribution is -0.122. The second-order valence-corrected chi connectivity index (χ2v) is 5.00. The van der Waals surface area contributed by atoms with Gasteiger partial charge < -0.3 is 15.3 Å². The van der Waals surface area contributed by atoms with Gasteiger partial charge in [0.25, 0.3) is 0 Å². The van der Waals surface area contributed by atoms with Crippen LogP contribution in [0, 0.1) is 0 Å². The van der Waals surface area contributed by atoms with E-state index < -0.39 is 0 Å². The van der Waals surface area contributed by atoms with Crippen molar-refractivity contribution in [3.63, 3.8) is 0 Å². The molecule has 0 aliphatic carbocycles.